The third-order valence-corrected chi connectivity index (χ3v) is 0.448. The Morgan fingerprint density at radius 1 is 2.00 bits per heavy atom. The molecule has 7 heavy (non-hydrogen) atoms. The quantitative estimate of drug-likeness (QED) is 0.438. The van der Waals surface area contributed by atoms with Gasteiger partial charge in [-0.2, -0.15) is 0 Å². The SMILES string of the molecule is C#[N+]CC(=O)OC. The van der Waals surface area contributed by atoms with Crippen molar-refractivity contribution in [2.45, 2.75) is 0 Å². The van der Waals surface area contributed by atoms with Crippen molar-refractivity contribution in [1.29, 1.82) is 0 Å². The van der Waals surface area contributed by atoms with Crippen LogP contribution in [0.15, 0.2) is 0 Å². The van der Waals surface area contributed by atoms with E-state index in [0.717, 1.165) is 0 Å². The Morgan fingerprint density at radius 3 is 2.71 bits per heavy atom. The van der Waals surface area contributed by atoms with Crippen LogP contribution < -0.4 is 0 Å². The van der Waals surface area contributed by atoms with Crippen LogP contribution in [0.5, 0.6) is 0 Å². The standard InChI is InChI=1S/C4H6NO2/c1-5-3-4(6)7-2/h1H,3H2,2H3/q+1. The summed E-state index contributed by atoms with van der Waals surface area (Å²) in [6, 6.07) is 0. The third kappa shape index (κ3) is 2.77. The molecule has 0 spiro atoms. The summed E-state index contributed by atoms with van der Waals surface area (Å²) in [6.45, 7) is 4.57. The molecule has 3 heteroatoms. The number of methoxy groups -OCH3 is 1. The highest BCUT2D eigenvalue weighted by Gasteiger charge is 2.01. The molecule has 0 heterocycles. The molecule has 38 valence electrons. The smallest absolute Gasteiger partial charge is 0.391 e. The summed E-state index contributed by atoms with van der Waals surface area (Å²) in [7, 11) is 1.29. The topological polar surface area (TPSA) is 30.7 Å². The predicted molar refractivity (Wildman–Crippen MR) is 25.2 cm³/mol. The van der Waals surface area contributed by atoms with Crippen LogP contribution in [0.2, 0.25) is 0 Å². The van der Waals surface area contributed by atoms with Gasteiger partial charge < -0.3 is 4.74 Å². The molecule has 0 rings (SSSR count). The maximum absolute atomic E-state index is 10.0. The third-order valence-electron chi connectivity index (χ3n) is 0.448. The van der Waals surface area contributed by atoms with Gasteiger partial charge in [0.2, 0.25) is 0 Å². The molecule has 0 radical (unpaired) electrons. The van der Waals surface area contributed by atoms with Crippen LogP contribution in [0, 0.1) is 6.57 Å². The Balaban J connectivity index is 3.23. The zero-order valence-corrected chi connectivity index (χ0v) is 4.05. The minimum absolute atomic E-state index is 0.0590. The van der Waals surface area contributed by atoms with Gasteiger partial charge in [-0.1, -0.05) is 4.85 Å². The molecule has 0 aromatic carbocycles. The molecule has 0 amide bonds. The largest absolute Gasteiger partial charge is 0.463 e. The van der Waals surface area contributed by atoms with E-state index in [2.05, 4.69) is 16.2 Å². The van der Waals surface area contributed by atoms with Crippen LogP contribution in [0.1, 0.15) is 0 Å². The van der Waals surface area contributed by atoms with E-state index in [4.69, 9.17) is 0 Å². The highest BCUT2D eigenvalue weighted by Crippen LogP contribution is 1.71. The number of hydrogen-bond donors (Lipinski definition) is 0. The second kappa shape index (κ2) is 3.16. The van der Waals surface area contributed by atoms with Crippen LogP contribution in [0.3, 0.4) is 0 Å². The molecule has 0 saturated heterocycles. The summed E-state index contributed by atoms with van der Waals surface area (Å²) in [6.07, 6.45) is 0. The molecule has 0 aromatic heterocycles. The van der Waals surface area contributed by atoms with Crippen LogP contribution >= 0.6 is 0 Å². The number of hydrogen-bond acceptors (Lipinski definition) is 2. The van der Waals surface area contributed by atoms with E-state index in [-0.39, 0.29) is 6.54 Å². The number of carbonyl (C=O) groups excluding carboxylic acids is 1. The Hall–Kier alpha value is -1.04. The average Bonchev–Trinajstić information content (AvgIpc) is 1.68. The van der Waals surface area contributed by atoms with Gasteiger partial charge in [0.1, 0.15) is 0 Å². The minimum Gasteiger partial charge on any atom is -0.463 e. The van der Waals surface area contributed by atoms with Crippen molar-refractivity contribution >= 4 is 5.97 Å². The fraction of sp³-hybridized carbons (Fsp3) is 0.500. The van der Waals surface area contributed by atoms with Gasteiger partial charge in [0.15, 0.2) is 0 Å². The summed E-state index contributed by atoms with van der Waals surface area (Å²) >= 11 is 0. The van der Waals surface area contributed by atoms with E-state index in [0.29, 0.717) is 0 Å². The number of rotatable bonds is 1. The van der Waals surface area contributed by atoms with Gasteiger partial charge >= 0.3 is 12.5 Å². The van der Waals surface area contributed by atoms with Crippen LogP contribution in [-0.2, 0) is 9.53 Å². The molecule has 0 unspecified atom stereocenters. The second-order valence-electron chi connectivity index (χ2n) is 0.917. The van der Waals surface area contributed by atoms with Gasteiger partial charge in [-0.15, -0.1) is 0 Å². The predicted octanol–water partition coefficient (Wildman–Crippen LogP) is 0.122. The van der Waals surface area contributed by atoms with E-state index in [1.54, 1.807) is 0 Å². The van der Waals surface area contributed by atoms with Crippen molar-refractivity contribution in [3.8, 4) is 6.57 Å². The first kappa shape index (κ1) is 5.96. The number of esters is 1. The Bertz CT molecular complexity index is 103. The molecule has 0 aromatic rings. The van der Waals surface area contributed by atoms with E-state index in [1.165, 1.54) is 7.11 Å². The Labute approximate surface area is 41.7 Å². The fourth-order valence-corrected chi connectivity index (χ4v) is 0.139. The van der Waals surface area contributed by atoms with Crippen molar-refractivity contribution in [2.75, 3.05) is 13.7 Å². The summed E-state index contributed by atoms with van der Waals surface area (Å²) < 4.78 is 4.18. The normalized spacial score (nSPS) is 6.86. The summed E-state index contributed by atoms with van der Waals surface area (Å²) in [5.41, 5.74) is 0. The van der Waals surface area contributed by atoms with Gasteiger partial charge in [-0.25, -0.2) is 4.79 Å². The first-order valence-electron chi connectivity index (χ1n) is 1.74. The average molecular weight is 100 g/mol. The lowest BCUT2D eigenvalue weighted by molar-refractivity contribution is -0.138. The fourth-order valence-electron chi connectivity index (χ4n) is 0.139. The summed E-state index contributed by atoms with van der Waals surface area (Å²) in [5.74, 6) is -0.414. The van der Waals surface area contributed by atoms with Crippen molar-refractivity contribution < 1.29 is 9.53 Å². The molecule has 3 nitrogen and oxygen atoms in total. The lowest BCUT2D eigenvalue weighted by Crippen LogP contribution is -2.01. The Kier molecular flexibility index (Phi) is 2.69. The highest BCUT2D eigenvalue weighted by molar-refractivity contribution is 5.73. The molecule has 0 bridgehead atoms. The van der Waals surface area contributed by atoms with Gasteiger partial charge in [0, 0.05) is 0 Å². The maximum Gasteiger partial charge on any atom is 0.391 e. The molecular formula is C4H6NO2+. The maximum atomic E-state index is 10.0. The van der Waals surface area contributed by atoms with Crippen molar-refractivity contribution in [2.24, 2.45) is 0 Å². The zero-order valence-electron chi connectivity index (χ0n) is 4.05. The second-order valence-corrected chi connectivity index (χ2v) is 0.917. The lowest BCUT2D eigenvalue weighted by atomic mass is 10.7. The van der Waals surface area contributed by atoms with Crippen molar-refractivity contribution in [3.05, 3.63) is 4.85 Å². The number of nitrogens with zero attached hydrogens (tertiary/aromatic N) is 1. The van der Waals surface area contributed by atoms with Crippen LogP contribution in [-0.4, -0.2) is 19.6 Å². The molecular weight excluding hydrogens is 94.0 g/mol. The summed E-state index contributed by atoms with van der Waals surface area (Å²) in [4.78, 5) is 13.0. The van der Waals surface area contributed by atoms with E-state index >= 15 is 0 Å². The molecule has 0 aliphatic rings. The number of ether oxygens (including phenoxy) is 1. The first-order valence-corrected chi connectivity index (χ1v) is 1.74. The van der Waals surface area contributed by atoms with Gasteiger partial charge in [0.05, 0.1) is 7.11 Å². The first-order chi connectivity index (χ1) is 3.31. The monoisotopic (exact) mass is 100 g/mol. The van der Waals surface area contributed by atoms with Crippen LogP contribution in [0.4, 0.5) is 0 Å². The molecule has 0 fully saturated rings. The highest BCUT2D eigenvalue weighted by atomic mass is 16.5. The van der Waals surface area contributed by atoms with E-state index < -0.39 is 5.97 Å². The molecule has 0 N–H and O–H groups in total. The van der Waals surface area contributed by atoms with Gasteiger partial charge in [0.25, 0.3) is 6.57 Å². The molecule has 0 atom stereocenters. The van der Waals surface area contributed by atoms with E-state index in [9.17, 15) is 4.79 Å². The van der Waals surface area contributed by atoms with Crippen molar-refractivity contribution in [1.82, 2.24) is 0 Å². The number of carbonyl (C=O) groups is 1. The minimum atomic E-state index is -0.414. The molecule has 0 aliphatic heterocycles. The zero-order chi connectivity index (χ0) is 5.70. The van der Waals surface area contributed by atoms with Crippen LogP contribution in [0.25, 0.3) is 4.85 Å². The van der Waals surface area contributed by atoms with Gasteiger partial charge in [-0.3, -0.25) is 0 Å². The molecule has 0 aliphatic carbocycles. The summed E-state index contributed by atoms with van der Waals surface area (Å²) in [5, 5.41) is 0. The lowest BCUT2D eigenvalue weighted by Gasteiger charge is -1.81. The van der Waals surface area contributed by atoms with E-state index in [1.807, 2.05) is 0 Å². The molecule has 0 saturated carbocycles. The van der Waals surface area contributed by atoms with Gasteiger partial charge in [-0.05, 0) is 0 Å². The van der Waals surface area contributed by atoms with Crippen molar-refractivity contribution in [3.63, 3.8) is 0 Å². The Morgan fingerprint density at radius 2 is 2.57 bits per heavy atom.